The Kier molecular flexibility index (Phi) is 7.18. The lowest BCUT2D eigenvalue weighted by Gasteiger charge is -2.31. The fourth-order valence-corrected chi connectivity index (χ4v) is 2.82. The largest absolute Gasteiger partial charge is 0.478 e. The van der Waals surface area contributed by atoms with Crippen molar-refractivity contribution in [3.8, 4) is 5.75 Å². The molecule has 0 aromatic heterocycles. The quantitative estimate of drug-likeness (QED) is 0.659. The average Bonchev–Trinajstić information content (AvgIpc) is 2.67. The van der Waals surface area contributed by atoms with Gasteiger partial charge in [-0.3, -0.25) is 9.59 Å². The van der Waals surface area contributed by atoms with E-state index in [0.717, 1.165) is 0 Å². The molecule has 0 heterocycles. The van der Waals surface area contributed by atoms with E-state index in [1.54, 1.807) is 62.4 Å². The molecule has 0 saturated heterocycles. The zero-order valence-electron chi connectivity index (χ0n) is 16.1. The van der Waals surface area contributed by atoms with Gasteiger partial charge in [-0.2, -0.15) is 0 Å². The molecule has 28 heavy (non-hydrogen) atoms. The Labute approximate surface area is 169 Å². The van der Waals surface area contributed by atoms with Crippen LogP contribution in [0.3, 0.4) is 0 Å². The summed E-state index contributed by atoms with van der Waals surface area (Å²) in [6.07, 6.45) is -1.01. The molecule has 150 valence electrons. The number of aliphatic hydroxyl groups is 2. The number of benzene rings is 2. The fourth-order valence-electron chi connectivity index (χ4n) is 2.70. The number of carbonyl (C=O) groups excluding carboxylic acids is 2. The molecular formula is C21H24ClNO5. The molecule has 0 bridgehead atoms. The van der Waals surface area contributed by atoms with Crippen molar-refractivity contribution in [1.82, 2.24) is 4.90 Å². The van der Waals surface area contributed by atoms with Crippen molar-refractivity contribution in [2.45, 2.75) is 25.6 Å². The number of ether oxygens (including phenoxy) is 1. The topological polar surface area (TPSA) is 87.1 Å². The summed E-state index contributed by atoms with van der Waals surface area (Å²) in [5, 5.41) is 19.0. The first-order valence-corrected chi connectivity index (χ1v) is 9.15. The van der Waals surface area contributed by atoms with Crippen LogP contribution in [0.25, 0.3) is 0 Å². The van der Waals surface area contributed by atoms with Crippen LogP contribution in [0.4, 0.5) is 0 Å². The van der Waals surface area contributed by atoms with Crippen LogP contribution in [0.2, 0.25) is 5.02 Å². The van der Waals surface area contributed by atoms with Gasteiger partial charge in [-0.15, -0.1) is 0 Å². The van der Waals surface area contributed by atoms with Crippen LogP contribution in [0.1, 0.15) is 29.8 Å². The van der Waals surface area contributed by atoms with Crippen molar-refractivity contribution in [2.24, 2.45) is 0 Å². The highest BCUT2D eigenvalue weighted by atomic mass is 35.5. The number of aliphatic hydroxyl groups excluding tert-OH is 2. The van der Waals surface area contributed by atoms with Crippen LogP contribution in [0, 0.1) is 0 Å². The molecule has 1 atom stereocenters. The van der Waals surface area contributed by atoms with Crippen LogP contribution in [0.15, 0.2) is 48.5 Å². The summed E-state index contributed by atoms with van der Waals surface area (Å²) in [5.74, 6) is -0.0558. The van der Waals surface area contributed by atoms with Gasteiger partial charge in [-0.25, -0.2) is 0 Å². The van der Waals surface area contributed by atoms with Crippen molar-refractivity contribution in [1.29, 1.82) is 0 Å². The molecule has 1 amide bonds. The van der Waals surface area contributed by atoms with E-state index in [4.69, 9.17) is 21.4 Å². The number of halogens is 1. The third-order valence-electron chi connectivity index (χ3n) is 4.15. The van der Waals surface area contributed by atoms with E-state index in [9.17, 15) is 14.7 Å². The molecule has 0 fully saturated rings. The molecule has 6 nitrogen and oxygen atoms in total. The van der Waals surface area contributed by atoms with Gasteiger partial charge in [0.05, 0.1) is 12.7 Å². The molecule has 0 aliphatic rings. The number of likely N-dealkylation sites (N-methyl/N-ethyl adjacent to an activating group) is 1. The monoisotopic (exact) mass is 405 g/mol. The highest BCUT2D eigenvalue weighted by Crippen LogP contribution is 2.22. The first kappa shape index (κ1) is 21.9. The summed E-state index contributed by atoms with van der Waals surface area (Å²) in [4.78, 5) is 26.4. The zero-order valence-corrected chi connectivity index (χ0v) is 16.8. The van der Waals surface area contributed by atoms with Gasteiger partial charge in [0.15, 0.2) is 11.4 Å². The molecular weight excluding hydrogens is 382 g/mol. The second-order valence-electron chi connectivity index (χ2n) is 6.99. The van der Waals surface area contributed by atoms with Gasteiger partial charge in [0.1, 0.15) is 5.75 Å². The van der Waals surface area contributed by atoms with E-state index in [1.165, 1.54) is 11.9 Å². The van der Waals surface area contributed by atoms with Crippen molar-refractivity contribution in [3.63, 3.8) is 0 Å². The summed E-state index contributed by atoms with van der Waals surface area (Å²) in [6.45, 7) is 2.80. The fraction of sp³-hybridized carbons (Fsp3) is 0.333. The molecule has 0 radical (unpaired) electrons. The van der Waals surface area contributed by atoms with E-state index < -0.39 is 18.3 Å². The second-order valence-corrected chi connectivity index (χ2v) is 7.43. The molecule has 2 aromatic carbocycles. The maximum atomic E-state index is 12.6. The standard InChI is InChI=1S/C21H24ClNO5/c1-21(2,20(27)23(3)12-17(25)13-24)28-18-10-6-15(7-11-18)19(26)14-4-8-16(22)9-5-14/h4-11,17,24-25H,12-13H2,1-3H3. The van der Waals surface area contributed by atoms with Gasteiger partial charge in [0.25, 0.3) is 5.91 Å². The van der Waals surface area contributed by atoms with Crippen molar-refractivity contribution in [3.05, 3.63) is 64.7 Å². The number of amides is 1. The van der Waals surface area contributed by atoms with Gasteiger partial charge < -0.3 is 19.8 Å². The van der Waals surface area contributed by atoms with E-state index >= 15 is 0 Å². The molecule has 2 N–H and O–H groups in total. The first-order chi connectivity index (χ1) is 13.1. The van der Waals surface area contributed by atoms with Gasteiger partial charge in [-0.05, 0) is 62.4 Å². The van der Waals surface area contributed by atoms with Crippen molar-refractivity contribution >= 4 is 23.3 Å². The Morgan fingerprint density at radius 1 is 1.07 bits per heavy atom. The molecule has 0 aliphatic heterocycles. The predicted molar refractivity (Wildman–Crippen MR) is 107 cm³/mol. The van der Waals surface area contributed by atoms with Crippen molar-refractivity contribution < 1.29 is 24.5 Å². The summed E-state index contributed by atoms with van der Waals surface area (Å²) in [6, 6.07) is 13.1. The van der Waals surface area contributed by atoms with Gasteiger partial charge in [0, 0.05) is 29.7 Å². The molecule has 0 spiro atoms. The average molecular weight is 406 g/mol. The highest BCUT2D eigenvalue weighted by Gasteiger charge is 2.33. The smallest absolute Gasteiger partial charge is 0.266 e. The van der Waals surface area contributed by atoms with Gasteiger partial charge in [0.2, 0.25) is 0 Å². The SMILES string of the molecule is CN(CC(O)CO)C(=O)C(C)(C)Oc1ccc(C(=O)c2ccc(Cl)cc2)cc1. The summed E-state index contributed by atoms with van der Waals surface area (Å²) >= 11 is 5.84. The van der Waals surface area contributed by atoms with E-state index in [2.05, 4.69) is 0 Å². The van der Waals surface area contributed by atoms with Crippen LogP contribution < -0.4 is 4.74 Å². The molecule has 1 unspecified atom stereocenters. The second kappa shape index (κ2) is 9.19. The summed E-state index contributed by atoms with van der Waals surface area (Å²) in [5.41, 5.74) is -0.175. The third kappa shape index (κ3) is 5.55. The number of hydrogen-bond donors (Lipinski definition) is 2. The Balaban J connectivity index is 2.07. The number of hydrogen-bond acceptors (Lipinski definition) is 5. The Morgan fingerprint density at radius 3 is 2.07 bits per heavy atom. The maximum Gasteiger partial charge on any atom is 0.266 e. The Hall–Kier alpha value is -2.41. The predicted octanol–water partition coefficient (Wildman–Crippen LogP) is 2.54. The van der Waals surface area contributed by atoms with Gasteiger partial charge in [-0.1, -0.05) is 11.6 Å². The Bertz CT molecular complexity index is 818. The molecule has 2 rings (SSSR count). The number of carbonyl (C=O) groups is 2. The lowest BCUT2D eigenvalue weighted by molar-refractivity contribution is -0.145. The van der Waals surface area contributed by atoms with E-state index in [-0.39, 0.29) is 18.2 Å². The molecule has 0 aliphatic carbocycles. The molecule has 7 heteroatoms. The molecule has 2 aromatic rings. The summed E-state index contributed by atoms with van der Waals surface area (Å²) in [7, 11) is 1.53. The zero-order chi connectivity index (χ0) is 20.9. The number of nitrogens with zero attached hydrogens (tertiary/aromatic N) is 1. The van der Waals surface area contributed by atoms with E-state index in [1.807, 2.05) is 0 Å². The lowest BCUT2D eigenvalue weighted by Crippen LogP contribution is -2.49. The van der Waals surface area contributed by atoms with Crippen LogP contribution >= 0.6 is 11.6 Å². The van der Waals surface area contributed by atoms with E-state index in [0.29, 0.717) is 21.9 Å². The maximum absolute atomic E-state index is 12.6. The minimum absolute atomic E-state index is 0.00332. The Morgan fingerprint density at radius 2 is 1.57 bits per heavy atom. The lowest BCUT2D eigenvalue weighted by atomic mass is 10.0. The van der Waals surface area contributed by atoms with Crippen molar-refractivity contribution in [2.75, 3.05) is 20.2 Å². The normalized spacial score (nSPS) is 12.4. The summed E-state index contributed by atoms with van der Waals surface area (Å²) < 4.78 is 5.79. The van der Waals surface area contributed by atoms with Crippen LogP contribution in [0.5, 0.6) is 5.75 Å². The highest BCUT2D eigenvalue weighted by molar-refractivity contribution is 6.30. The first-order valence-electron chi connectivity index (χ1n) is 8.78. The van der Waals surface area contributed by atoms with Gasteiger partial charge >= 0.3 is 0 Å². The van der Waals surface area contributed by atoms with Crippen LogP contribution in [-0.2, 0) is 4.79 Å². The minimum atomic E-state index is -1.19. The van der Waals surface area contributed by atoms with Crippen LogP contribution in [-0.4, -0.2) is 58.7 Å². The minimum Gasteiger partial charge on any atom is -0.478 e. The third-order valence-corrected chi connectivity index (χ3v) is 4.40. The number of ketones is 1. The molecule has 0 saturated carbocycles. The number of rotatable bonds is 8.